The largest absolute Gasteiger partial charge is 0.368 e. The van der Waals surface area contributed by atoms with Gasteiger partial charge in [0.05, 0.1) is 22.3 Å². The van der Waals surface area contributed by atoms with Gasteiger partial charge >= 0.3 is 0 Å². The number of aryl methyl sites for hydroxylation is 1. The van der Waals surface area contributed by atoms with E-state index in [-0.39, 0.29) is 18.3 Å². The zero-order valence-corrected chi connectivity index (χ0v) is 19.2. The number of para-hydroxylation sites is 1. The van der Waals surface area contributed by atoms with Crippen LogP contribution in [0.1, 0.15) is 18.4 Å². The quantitative estimate of drug-likeness (QED) is 0.537. The molecule has 0 spiro atoms. The number of anilines is 1. The predicted molar refractivity (Wildman–Crippen MR) is 125 cm³/mol. The number of nitrogens with one attached hydrogen (secondary N) is 1. The second kappa shape index (κ2) is 11.6. The van der Waals surface area contributed by atoms with Gasteiger partial charge in [-0.25, -0.2) is 4.39 Å². The molecule has 32 heavy (non-hydrogen) atoms. The molecule has 172 valence electrons. The summed E-state index contributed by atoms with van der Waals surface area (Å²) < 4.78 is 13.0. The van der Waals surface area contributed by atoms with E-state index >= 15 is 0 Å². The molecule has 1 aliphatic rings. The van der Waals surface area contributed by atoms with Crippen molar-refractivity contribution in [3.05, 3.63) is 63.9 Å². The third-order valence-electron chi connectivity index (χ3n) is 5.57. The first-order valence-corrected chi connectivity index (χ1v) is 11.3. The number of halogens is 3. The van der Waals surface area contributed by atoms with Crippen molar-refractivity contribution in [2.24, 2.45) is 5.73 Å². The highest BCUT2D eigenvalue weighted by atomic mass is 35.5. The molecule has 0 aromatic heterocycles. The maximum atomic E-state index is 13.0. The van der Waals surface area contributed by atoms with Crippen LogP contribution in [0.2, 0.25) is 10.0 Å². The summed E-state index contributed by atoms with van der Waals surface area (Å²) in [5.41, 5.74) is 7.12. The van der Waals surface area contributed by atoms with Gasteiger partial charge in [0.25, 0.3) is 0 Å². The van der Waals surface area contributed by atoms with Gasteiger partial charge in [0.15, 0.2) is 0 Å². The van der Waals surface area contributed by atoms with E-state index in [0.717, 1.165) is 31.4 Å². The fourth-order valence-electron chi connectivity index (χ4n) is 3.85. The number of rotatable bonds is 9. The lowest BCUT2D eigenvalue weighted by Gasteiger charge is -2.39. The van der Waals surface area contributed by atoms with Crippen molar-refractivity contribution >= 4 is 40.7 Å². The van der Waals surface area contributed by atoms with Crippen LogP contribution in [0.15, 0.2) is 42.5 Å². The van der Waals surface area contributed by atoms with E-state index in [0.29, 0.717) is 35.4 Å². The Morgan fingerprint density at radius 2 is 1.75 bits per heavy atom. The summed E-state index contributed by atoms with van der Waals surface area (Å²) in [4.78, 5) is 28.5. The molecule has 2 aromatic carbocycles. The van der Waals surface area contributed by atoms with Gasteiger partial charge in [0.1, 0.15) is 11.9 Å². The maximum Gasteiger partial charge on any atom is 0.238 e. The van der Waals surface area contributed by atoms with Gasteiger partial charge in [-0.15, -0.1) is 0 Å². The SMILES string of the molecule is NC(=O)C1CN(CC(=O)Nc2c(Cl)cccc2Cl)CCN1CCCCc1ccc(F)cc1. The number of nitrogens with zero attached hydrogens (tertiary/aromatic N) is 2. The van der Waals surface area contributed by atoms with E-state index in [2.05, 4.69) is 10.2 Å². The van der Waals surface area contributed by atoms with E-state index in [1.54, 1.807) is 30.3 Å². The average molecular weight is 481 g/mol. The van der Waals surface area contributed by atoms with E-state index < -0.39 is 11.9 Å². The molecule has 0 saturated carbocycles. The Labute approximate surface area is 197 Å². The number of benzene rings is 2. The first-order valence-electron chi connectivity index (χ1n) is 10.6. The number of carbonyl (C=O) groups is 2. The number of amides is 2. The summed E-state index contributed by atoms with van der Waals surface area (Å²) in [6.07, 6.45) is 2.68. The van der Waals surface area contributed by atoms with Crippen molar-refractivity contribution in [3.63, 3.8) is 0 Å². The molecule has 3 N–H and O–H groups in total. The van der Waals surface area contributed by atoms with Crippen molar-refractivity contribution in [1.29, 1.82) is 0 Å². The number of hydrogen-bond donors (Lipinski definition) is 2. The summed E-state index contributed by atoms with van der Waals surface area (Å²) in [5, 5.41) is 3.48. The molecule has 0 bridgehead atoms. The Bertz CT molecular complexity index is 922. The van der Waals surface area contributed by atoms with Gasteiger partial charge < -0.3 is 11.1 Å². The number of hydrogen-bond acceptors (Lipinski definition) is 4. The average Bonchev–Trinajstić information content (AvgIpc) is 2.76. The van der Waals surface area contributed by atoms with Crippen LogP contribution in [0, 0.1) is 5.82 Å². The number of carbonyl (C=O) groups excluding carboxylic acids is 2. The van der Waals surface area contributed by atoms with Gasteiger partial charge in [-0.3, -0.25) is 19.4 Å². The molecule has 1 heterocycles. The van der Waals surface area contributed by atoms with Crippen LogP contribution in [-0.2, 0) is 16.0 Å². The van der Waals surface area contributed by atoms with Crippen LogP contribution in [0.25, 0.3) is 0 Å². The Morgan fingerprint density at radius 1 is 1.06 bits per heavy atom. The first kappa shape index (κ1) is 24.5. The van der Waals surface area contributed by atoms with Gasteiger partial charge in [-0.05, 0) is 55.6 Å². The fraction of sp³-hybridized carbons (Fsp3) is 0.391. The maximum absolute atomic E-state index is 13.0. The number of primary amides is 1. The third-order valence-corrected chi connectivity index (χ3v) is 6.20. The van der Waals surface area contributed by atoms with Gasteiger partial charge in [0, 0.05) is 19.6 Å². The number of unbranched alkanes of at least 4 members (excludes halogenated alkanes) is 1. The molecule has 1 fully saturated rings. The van der Waals surface area contributed by atoms with Crippen LogP contribution in [0.5, 0.6) is 0 Å². The summed E-state index contributed by atoms with van der Waals surface area (Å²) >= 11 is 12.2. The molecule has 1 atom stereocenters. The predicted octanol–water partition coefficient (Wildman–Crippen LogP) is 3.57. The van der Waals surface area contributed by atoms with Crippen molar-refractivity contribution in [2.45, 2.75) is 25.3 Å². The van der Waals surface area contributed by atoms with Crippen LogP contribution in [-0.4, -0.2) is 60.4 Å². The van der Waals surface area contributed by atoms with Gasteiger partial charge in [-0.2, -0.15) is 0 Å². The second-order valence-electron chi connectivity index (χ2n) is 7.92. The number of nitrogens with two attached hydrogens (primary N) is 1. The highest BCUT2D eigenvalue weighted by Gasteiger charge is 2.31. The zero-order chi connectivity index (χ0) is 23.1. The molecule has 6 nitrogen and oxygen atoms in total. The molecule has 2 aromatic rings. The molecule has 3 rings (SSSR count). The summed E-state index contributed by atoms with van der Waals surface area (Å²) in [6, 6.07) is 11.1. The Kier molecular flexibility index (Phi) is 8.87. The van der Waals surface area contributed by atoms with E-state index in [9.17, 15) is 14.0 Å². The molecule has 0 radical (unpaired) electrons. The fourth-order valence-corrected chi connectivity index (χ4v) is 4.34. The first-order chi connectivity index (χ1) is 15.3. The van der Waals surface area contributed by atoms with Gasteiger partial charge in [-0.1, -0.05) is 41.4 Å². The third kappa shape index (κ3) is 6.90. The molecule has 1 aliphatic heterocycles. The summed E-state index contributed by atoms with van der Waals surface area (Å²) in [6.45, 7) is 2.53. The standard InChI is InChI=1S/C23H27Cl2FN4O2/c24-18-5-3-6-19(25)22(18)28-21(31)15-29-12-13-30(20(14-29)23(27)32)11-2-1-4-16-7-9-17(26)10-8-16/h3,5-10,20H,1-2,4,11-15H2,(H2,27,32)(H,28,31). The van der Waals surface area contributed by atoms with Crippen molar-refractivity contribution < 1.29 is 14.0 Å². The lowest BCUT2D eigenvalue weighted by Crippen LogP contribution is -2.59. The van der Waals surface area contributed by atoms with Crippen LogP contribution in [0.4, 0.5) is 10.1 Å². The Morgan fingerprint density at radius 3 is 2.41 bits per heavy atom. The molecule has 1 unspecified atom stereocenters. The molecular weight excluding hydrogens is 454 g/mol. The van der Waals surface area contributed by atoms with E-state index in [4.69, 9.17) is 28.9 Å². The van der Waals surface area contributed by atoms with Crippen molar-refractivity contribution in [1.82, 2.24) is 9.80 Å². The smallest absolute Gasteiger partial charge is 0.238 e. The zero-order valence-electron chi connectivity index (χ0n) is 17.7. The normalized spacial score (nSPS) is 17.3. The molecule has 1 saturated heterocycles. The molecule has 0 aliphatic carbocycles. The molecular formula is C23H27Cl2FN4O2. The minimum absolute atomic E-state index is 0.115. The van der Waals surface area contributed by atoms with Crippen LogP contribution in [0.3, 0.4) is 0 Å². The van der Waals surface area contributed by atoms with E-state index in [1.165, 1.54) is 12.1 Å². The van der Waals surface area contributed by atoms with Crippen molar-refractivity contribution in [3.8, 4) is 0 Å². The minimum atomic E-state index is -0.453. The molecule has 2 amide bonds. The second-order valence-corrected chi connectivity index (χ2v) is 8.73. The minimum Gasteiger partial charge on any atom is -0.368 e. The summed E-state index contributed by atoms with van der Waals surface area (Å²) in [5.74, 6) is -0.890. The highest BCUT2D eigenvalue weighted by Crippen LogP contribution is 2.29. The molecule has 9 heteroatoms. The topological polar surface area (TPSA) is 78.7 Å². The summed E-state index contributed by atoms with van der Waals surface area (Å²) in [7, 11) is 0. The Hall–Kier alpha value is -2.19. The van der Waals surface area contributed by atoms with Crippen LogP contribution >= 0.6 is 23.2 Å². The Balaban J connectivity index is 1.47. The lowest BCUT2D eigenvalue weighted by atomic mass is 10.1. The van der Waals surface area contributed by atoms with Gasteiger partial charge in [0.2, 0.25) is 11.8 Å². The van der Waals surface area contributed by atoms with Crippen LogP contribution < -0.4 is 11.1 Å². The van der Waals surface area contributed by atoms with Crippen molar-refractivity contribution in [2.75, 3.05) is 38.0 Å². The lowest BCUT2D eigenvalue weighted by molar-refractivity contribution is -0.127. The monoisotopic (exact) mass is 480 g/mol. The number of piperazine rings is 1. The highest BCUT2D eigenvalue weighted by molar-refractivity contribution is 6.39. The van der Waals surface area contributed by atoms with E-state index in [1.807, 2.05) is 4.90 Å².